The first-order valence-electron chi connectivity index (χ1n) is 7.53. The number of hydrogen-bond donors (Lipinski definition) is 0. The maximum absolute atomic E-state index is 12.3. The van der Waals surface area contributed by atoms with Crippen LogP contribution < -0.4 is 4.74 Å². The number of carbonyl (C=O) groups is 1. The van der Waals surface area contributed by atoms with Gasteiger partial charge in [-0.1, -0.05) is 11.6 Å². The number of nitrogens with zero attached hydrogens (tertiary/aromatic N) is 2. The van der Waals surface area contributed by atoms with Crippen LogP contribution >= 0.6 is 22.9 Å². The molecule has 1 fully saturated rings. The number of halogens is 1. The average Bonchev–Trinajstić information content (AvgIpc) is 3.10. The van der Waals surface area contributed by atoms with Crippen LogP contribution in [0, 0.1) is 0 Å². The first kappa shape index (κ1) is 16.3. The van der Waals surface area contributed by atoms with Gasteiger partial charge in [-0.05, 0) is 29.6 Å². The summed E-state index contributed by atoms with van der Waals surface area (Å²) in [6, 6.07) is 7.56. The second kappa shape index (κ2) is 7.34. The highest BCUT2D eigenvalue weighted by Gasteiger charge is 2.23. The third kappa shape index (κ3) is 3.86. The zero-order valence-corrected chi connectivity index (χ0v) is 14.6. The number of methoxy groups -OCH3 is 1. The summed E-state index contributed by atoms with van der Waals surface area (Å²) in [4.78, 5) is 16.6. The van der Waals surface area contributed by atoms with Gasteiger partial charge in [-0.3, -0.25) is 9.69 Å². The van der Waals surface area contributed by atoms with Crippen molar-refractivity contribution >= 4 is 28.8 Å². The van der Waals surface area contributed by atoms with Gasteiger partial charge in [0.15, 0.2) is 0 Å². The molecule has 23 heavy (non-hydrogen) atoms. The Morgan fingerprint density at radius 3 is 2.70 bits per heavy atom. The van der Waals surface area contributed by atoms with Gasteiger partial charge in [0.05, 0.1) is 12.7 Å². The smallest absolute Gasteiger partial charge is 0.254 e. The van der Waals surface area contributed by atoms with E-state index in [9.17, 15) is 4.79 Å². The summed E-state index contributed by atoms with van der Waals surface area (Å²) in [6.45, 7) is 3.98. The van der Waals surface area contributed by atoms with Crippen molar-refractivity contribution in [1.29, 1.82) is 0 Å². The summed E-state index contributed by atoms with van der Waals surface area (Å²) in [6.07, 6.45) is 0. The van der Waals surface area contributed by atoms with Crippen LogP contribution in [0.2, 0.25) is 5.02 Å². The third-order valence-electron chi connectivity index (χ3n) is 4.06. The lowest BCUT2D eigenvalue weighted by atomic mass is 10.1. The first-order chi connectivity index (χ1) is 11.2. The molecular formula is C17H19ClN2O2S. The maximum atomic E-state index is 12.3. The van der Waals surface area contributed by atoms with E-state index >= 15 is 0 Å². The van der Waals surface area contributed by atoms with Gasteiger partial charge in [0.1, 0.15) is 5.75 Å². The third-order valence-corrected chi connectivity index (χ3v) is 4.98. The van der Waals surface area contributed by atoms with Crippen LogP contribution in [0.5, 0.6) is 5.75 Å². The predicted molar refractivity (Wildman–Crippen MR) is 93.5 cm³/mol. The molecule has 0 unspecified atom stereocenters. The quantitative estimate of drug-likeness (QED) is 0.847. The first-order valence-corrected chi connectivity index (χ1v) is 8.85. The monoisotopic (exact) mass is 350 g/mol. The normalized spacial score (nSPS) is 15.7. The molecule has 0 atom stereocenters. The van der Waals surface area contributed by atoms with E-state index in [1.807, 2.05) is 39.9 Å². The second-order valence-electron chi connectivity index (χ2n) is 5.54. The van der Waals surface area contributed by atoms with E-state index in [0.717, 1.165) is 49.6 Å². The van der Waals surface area contributed by atoms with Crippen molar-refractivity contribution in [2.75, 3.05) is 33.3 Å². The molecule has 3 rings (SSSR count). The van der Waals surface area contributed by atoms with E-state index in [-0.39, 0.29) is 5.91 Å². The molecular weight excluding hydrogens is 332 g/mol. The van der Waals surface area contributed by atoms with E-state index in [1.165, 1.54) is 0 Å². The Bertz CT molecular complexity index is 667. The van der Waals surface area contributed by atoms with Gasteiger partial charge in [0.25, 0.3) is 5.91 Å². The number of piperazine rings is 1. The molecule has 6 heteroatoms. The number of ether oxygens (including phenoxy) is 1. The molecule has 0 radical (unpaired) electrons. The van der Waals surface area contributed by atoms with Crippen LogP contribution in [0.4, 0.5) is 0 Å². The van der Waals surface area contributed by atoms with Crippen LogP contribution in [-0.2, 0) is 6.54 Å². The number of hydrogen-bond acceptors (Lipinski definition) is 4. The molecule has 1 amide bonds. The van der Waals surface area contributed by atoms with Crippen molar-refractivity contribution in [1.82, 2.24) is 9.80 Å². The molecule has 0 aliphatic carbocycles. The van der Waals surface area contributed by atoms with Crippen LogP contribution in [0.15, 0.2) is 35.0 Å². The lowest BCUT2D eigenvalue weighted by molar-refractivity contribution is 0.0628. The Morgan fingerprint density at radius 1 is 1.26 bits per heavy atom. The second-order valence-corrected chi connectivity index (χ2v) is 6.75. The van der Waals surface area contributed by atoms with E-state index in [2.05, 4.69) is 4.90 Å². The molecule has 2 aromatic rings. The predicted octanol–water partition coefficient (Wildman–Crippen LogP) is 3.37. The lowest BCUT2D eigenvalue weighted by Gasteiger charge is -2.34. The Morgan fingerprint density at radius 2 is 2.04 bits per heavy atom. The highest BCUT2D eigenvalue weighted by Crippen LogP contribution is 2.24. The summed E-state index contributed by atoms with van der Waals surface area (Å²) < 4.78 is 5.40. The summed E-state index contributed by atoms with van der Waals surface area (Å²) in [7, 11) is 1.67. The average molecular weight is 351 g/mol. The zero-order valence-electron chi connectivity index (χ0n) is 13.0. The molecule has 4 nitrogen and oxygen atoms in total. The number of amides is 1. The van der Waals surface area contributed by atoms with Crippen LogP contribution in [0.1, 0.15) is 15.9 Å². The van der Waals surface area contributed by atoms with E-state index in [0.29, 0.717) is 5.02 Å². The van der Waals surface area contributed by atoms with Crippen molar-refractivity contribution in [3.8, 4) is 5.75 Å². The Balaban J connectivity index is 1.59. The van der Waals surface area contributed by atoms with Crippen molar-refractivity contribution in [3.05, 3.63) is 51.2 Å². The largest absolute Gasteiger partial charge is 0.496 e. The van der Waals surface area contributed by atoms with Gasteiger partial charge in [0, 0.05) is 48.7 Å². The van der Waals surface area contributed by atoms with Gasteiger partial charge in [-0.15, -0.1) is 0 Å². The summed E-state index contributed by atoms with van der Waals surface area (Å²) >= 11 is 7.64. The molecule has 1 aliphatic rings. The molecule has 1 aromatic carbocycles. The van der Waals surface area contributed by atoms with Gasteiger partial charge in [-0.2, -0.15) is 11.3 Å². The SMILES string of the molecule is COc1ccc(Cl)cc1CN1CCN(C(=O)c2ccsc2)CC1. The van der Waals surface area contributed by atoms with Crippen molar-refractivity contribution in [2.24, 2.45) is 0 Å². The standard InChI is InChI=1S/C17H19ClN2O2S/c1-22-16-3-2-15(18)10-14(16)11-19-5-7-20(8-6-19)17(21)13-4-9-23-12-13/h2-4,9-10,12H,5-8,11H2,1H3. The number of rotatable bonds is 4. The zero-order chi connectivity index (χ0) is 16.2. The number of thiophene rings is 1. The number of benzene rings is 1. The fourth-order valence-corrected chi connectivity index (χ4v) is 3.61. The Labute approximate surface area is 145 Å². The number of carbonyl (C=O) groups excluding carboxylic acids is 1. The summed E-state index contributed by atoms with van der Waals surface area (Å²) in [5, 5.41) is 4.56. The van der Waals surface area contributed by atoms with Gasteiger partial charge in [-0.25, -0.2) is 0 Å². The van der Waals surface area contributed by atoms with Crippen LogP contribution in [0.25, 0.3) is 0 Å². The molecule has 1 saturated heterocycles. The van der Waals surface area contributed by atoms with E-state index in [4.69, 9.17) is 16.3 Å². The molecule has 0 saturated carbocycles. The minimum Gasteiger partial charge on any atom is -0.496 e. The van der Waals surface area contributed by atoms with Crippen LogP contribution in [-0.4, -0.2) is 49.0 Å². The fourth-order valence-electron chi connectivity index (χ4n) is 2.79. The molecule has 0 spiro atoms. The van der Waals surface area contributed by atoms with Crippen LogP contribution in [0.3, 0.4) is 0 Å². The van der Waals surface area contributed by atoms with Crippen molar-refractivity contribution < 1.29 is 9.53 Å². The summed E-state index contributed by atoms with van der Waals surface area (Å²) in [5.74, 6) is 0.984. The minimum atomic E-state index is 0.131. The lowest BCUT2D eigenvalue weighted by Crippen LogP contribution is -2.48. The Hall–Kier alpha value is -1.56. The van der Waals surface area contributed by atoms with Gasteiger partial charge in [0.2, 0.25) is 0 Å². The van der Waals surface area contributed by atoms with Gasteiger partial charge < -0.3 is 9.64 Å². The Kier molecular flexibility index (Phi) is 5.20. The maximum Gasteiger partial charge on any atom is 0.254 e. The molecule has 0 N–H and O–H groups in total. The van der Waals surface area contributed by atoms with E-state index in [1.54, 1.807) is 18.4 Å². The molecule has 122 valence electrons. The molecule has 1 aliphatic heterocycles. The molecule has 2 heterocycles. The van der Waals surface area contributed by atoms with Crippen molar-refractivity contribution in [2.45, 2.75) is 6.54 Å². The fraction of sp³-hybridized carbons (Fsp3) is 0.353. The van der Waals surface area contributed by atoms with E-state index < -0.39 is 0 Å². The summed E-state index contributed by atoms with van der Waals surface area (Å²) in [5.41, 5.74) is 1.87. The highest BCUT2D eigenvalue weighted by atomic mass is 35.5. The molecule has 0 bridgehead atoms. The van der Waals surface area contributed by atoms with Crippen molar-refractivity contribution in [3.63, 3.8) is 0 Å². The topological polar surface area (TPSA) is 32.8 Å². The highest BCUT2D eigenvalue weighted by molar-refractivity contribution is 7.08. The van der Waals surface area contributed by atoms with Gasteiger partial charge >= 0.3 is 0 Å². The minimum absolute atomic E-state index is 0.131. The molecule has 1 aromatic heterocycles.